The lowest BCUT2D eigenvalue weighted by Crippen LogP contribution is -2.05. The van der Waals surface area contributed by atoms with E-state index >= 15 is 0 Å². The number of unbranched alkanes of at least 4 members (excludes halogenated alkanes) is 33. The number of hydrogen-bond donors (Lipinski definition) is 0. The summed E-state index contributed by atoms with van der Waals surface area (Å²) in [5.74, 6) is 0.0301. The molecule has 0 saturated heterocycles. The van der Waals surface area contributed by atoms with E-state index in [4.69, 9.17) is 4.74 Å². The Labute approximate surface area is 266 Å². The van der Waals surface area contributed by atoms with Crippen molar-refractivity contribution in [2.45, 2.75) is 245 Å². The number of ether oxygens (including phenoxy) is 1. The quantitative estimate of drug-likeness (QED) is 0.0529. The second kappa shape index (κ2) is 38.5. The van der Waals surface area contributed by atoms with Crippen LogP contribution in [0.25, 0.3) is 0 Å². The van der Waals surface area contributed by atoms with Gasteiger partial charge in [0.2, 0.25) is 0 Å². The number of esters is 1. The van der Waals surface area contributed by atoms with Crippen molar-refractivity contribution in [2.75, 3.05) is 6.61 Å². The first-order valence-corrected chi connectivity index (χ1v) is 20.0. The molecule has 0 radical (unpaired) electrons. The van der Waals surface area contributed by atoms with Crippen LogP contribution < -0.4 is 0 Å². The van der Waals surface area contributed by atoms with E-state index < -0.39 is 0 Å². The summed E-state index contributed by atoms with van der Waals surface area (Å²) in [6.07, 6.45) is 49.0. The molecule has 2 heteroatoms. The molecule has 2 nitrogen and oxygen atoms in total. The molecule has 0 aliphatic rings. The summed E-state index contributed by atoms with van der Waals surface area (Å²) in [5.41, 5.74) is 0. The zero-order valence-corrected chi connectivity index (χ0v) is 29.5. The van der Waals surface area contributed by atoms with Crippen molar-refractivity contribution in [3.05, 3.63) is 0 Å². The Morgan fingerprint density at radius 3 is 0.786 bits per heavy atom. The number of carbonyl (C=O) groups excluding carboxylic acids is 1. The van der Waals surface area contributed by atoms with Gasteiger partial charge >= 0.3 is 5.97 Å². The first-order valence-electron chi connectivity index (χ1n) is 20.0. The number of carbonyl (C=O) groups is 1. The molecule has 42 heavy (non-hydrogen) atoms. The van der Waals surface area contributed by atoms with Crippen LogP contribution in [-0.2, 0) is 9.53 Å². The van der Waals surface area contributed by atoms with Crippen LogP contribution in [0.1, 0.15) is 245 Å². The summed E-state index contributed by atoms with van der Waals surface area (Å²) in [6, 6.07) is 0. The third kappa shape index (κ3) is 37.5. The van der Waals surface area contributed by atoms with Gasteiger partial charge in [-0.25, -0.2) is 0 Å². The number of hydrogen-bond acceptors (Lipinski definition) is 2. The van der Waals surface area contributed by atoms with Crippen LogP contribution in [0.2, 0.25) is 0 Å². The Hall–Kier alpha value is -0.530. The van der Waals surface area contributed by atoms with Crippen molar-refractivity contribution in [3.63, 3.8) is 0 Å². The third-order valence-corrected chi connectivity index (χ3v) is 9.25. The summed E-state index contributed by atoms with van der Waals surface area (Å²) in [5, 5.41) is 0. The highest BCUT2D eigenvalue weighted by atomic mass is 16.5. The normalized spacial score (nSPS) is 11.4. The highest BCUT2D eigenvalue weighted by Gasteiger charge is 2.03. The minimum atomic E-state index is 0.0301. The summed E-state index contributed by atoms with van der Waals surface area (Å²) in [6.45, 7) is 5.22. The van der Waals surface area contributed by atoms with E-state index in [1.54, 1.807) is 0 Å². The van der Waals surface area contributed by atoms with Crippen molar-refractivity contribution in [1.29, 1.82) is 0 Å². The molecule has 0 aromatic rings. The van der Waals surface area contributed by atoms with Gasteiger partial charge in [0.15, 0.2) is 0 Å². The molecule has 0 saturated carbocycles. The summed E-state index contributed by atoms with van der Waals surface area (Å²) >= 11 is 0. The lowest BCUT2D eigenvalue weighted by Gasteiger charge is -2.06. The molecule has 0 bridgehead atoms. The molecule has 0 atom stereocenters. The minimum absolute atomic E-state index is 0.0301. The van der Waals surface area contributed by atoms with Crippen LogP contribution in [-0.4, -0.2) is 12.6 Å². The molecular weight excluding hydrogens is 512 g/mol. The van der Waals surface area contributed by atoms with Crippen LogP contribution in [0, 0.1) is 0 Å². The molecule has 0 heterocycles. The van der Waals surface area contributed by atoms with Gasteiger partial charge in [-0.05, 0) is 12.8 Å². The van der Waals surface area contributed by atoms with Gasteiger partial charge in [-0.15, -0.1) is 0 Å². The Balaban J connectivity index is 3.13. The van der Waals surface area contributed by atoms with E-state index in [1.807, 2.05) is 0 Å². The van der Waals surface area contributed by atoms with E-state index in [9.17, 15) is 4.79 Å². The predicted molar refractivity (Wildman–Crippen MR) is 189 cm³/mol. The predicted octanol–water partition coefficient (Wildman–Crippen LogP) is 14.6. The van der Waals surface area contributed by atoms with Crippen LogP contribution in [0.3, 0.4) is 0 Å². The average molecular weight is 593 g/mol. The fourth-order valence-corrected chi connectivity index (χ4v) is 6.26. The molecule has 0 aromatic carbocycles. The van der Waals surface area contributed by atoms with Gasteiger partial charge in [-0.1, -0.05) is 226 Å². The Morgan fingerprint density at radius 2 is 0.524 bits per heavy atom. The van der Waals surface area contributed by atoms with Crippen LogP contribution >= 0.6 is 0 Å². The molecule has 0 rings (SSSR count). The monoisotopic (exact) mass is 593 g/mol. The van der Waals surface area contributed by atoms with Gasteiger partial charge in [0, 0.05) is 6.42 Å². The standard InChI is InChI=1S/C40H80O2/c1-3-5-7-9-11-13-15-17-19-20-21-22-23-24-25-26-28-30-32-34-36-38-40(41)42-39-37-35-33-31-29-27-18-16-14-12-10-8-6-4-2/h3-39H2,1-2H3. The molecule has 0 fully saturated rings. The molecule has 0 amide bonds. The second-order valence-electron chi connectivity index (χ2n) is 13.6. The van der Waals surface area contributed by atoms with Gasteiger partial charge in [-0.3, -0.25) is 4.79 Å². The van der Waals surface area contributed by atoms with Crippen molar-refractivity contribution in [2.24, 2.45) is 0 Å². The number of rotatable bonds is 37. The molecule has 0 aromatic heterocycles. The molecule has 0 aliphatic carbocycles. The van der Waals surface area contributed by atoms with Crippen molar-refractivity contribution in [1.82, 2.24) is 0 Å². The average Bonchev–Trinajstić information content (AvgIpc) is 3.00. The highest BCUT2D eigenvalue weighted by molar-refractivity contribution is 5.69. The van der Waals surface area contributed by atoms with Crippen molar-refractivity contribution >= 4 is 5.97 Å². The molecule has 0 aliphatic heterocycles. The largest absolute Gasteiger partial charge is 0.466 e. The fraction of sp³-hybridized carbons (Fsp3) is 0.975. The van der Waals surface area contributed by atoms with E-state index in [-0.39, 0.29) is 5.97 Å². The first-order chi connectivity index (χ1) is 20.8. The van der Waals surface area contributed by atoms with Gasteiger partial charge in [0.25, 0.3) is 0 Å². The Kier molecular flexibility index (Phi) is 38.0. The zero-order valence-electron chi connectivity index (χ0n) is 29.5. The zero-order chi connectivity index (χ0) is 30.4. The maximum atomic E-state index is 12.0. The minimum Gasteiger partial charge on any atom is -0.466 e. The van der Waals surface area contributed by atoms with Gasteiger partial charge < -0.3 is 4.74 Å². The van der Waals surface area contributed by atoms with Crippen molar-refractivity contribution < 1.29 is 9.53 Å². The molecule has 0 spiro atoms. The Bertz CT molecular complexity index is 488. The molecule has 0 unspecified atom stereocenters. The van der Waals surface area contributed by atoms with E-state index in [0.717, 1.165) is 12.8 Å². The van der Waals surface area contributed by atoms with Gasteiger partial charge in [0.1, 0.15) is 0 Å². The van der Waals surface area contributed by atoms with Crippen molar-refractivity contribution in [3.8, 4) is 0 Å². The maximum Gasteiger partial charge on any atom is 0.305 e. The van der Waals surface area contributed by atoms with Gasteiger partial charge in [0.05, 0.1) is 6.61 Å². The molecular formula is C40H80O2. The lowest BCUT2D eigenvalue weighted by atomic mass is 10.0. The van der Waals surface area contributed by atoms with E-state index in [2.05, 4.69) is 13.8 Å². The molecule has 0 N–H and O–H groups in total. The topological polar surface area (TPSA) is 26.3 Å². The van der Waals surface area contributed by atoms with E-state index in [1.165, 1.54) is 212 Å². The van der Waals surface area contributed by atoms with Gasteiger partial charge in [-0.2, -0.15) is 0 Å². The van der Waals surface area contributed by atoms with Crippen LogP contribution in [0.5, 0.6) is 0 Å². The van der Waals surface area contributed by atoms with Crippen LogP contribution in [0.4, 0.5) is 0 Å². The highest BCUT2D eigenvalue weighted by Crippen LogP contribution is 2.16. The third-order valence-electron chi connectivity index (χ3n) is 9.25. The van der Waals surface area contributed by atoms with E-state index in [0.29, 0.717) is 13.0 Å². The smallest absolute Gasteiger partial charge is 0.305 e. The summed E-state index contributed by atoms with van der Waals surface area (Å²) < 4.78 is 5.45. The van der Waals surface area contributed by atoms with Crippen LogP contribution in [0.15, 0.2) is 0 Å². The first kappa shape index (κ1) is 41.5. The second-order valence-corrected chi connectivity index (χ2v) is 13.6. The maximum absolute atomic E-state index is 12.0. The summed E-state index contributed by atoms with van der Waals surface area (Å²) in [7, 11) is 0. The fourth-order valence-electron chi connectivity index (χ4n) is 6.26. The lowest BCUT2D eigenvalue weighted by molar-refractivity contribution is -0.143. The summed E-state index contributed by atoms with van der Waals surface area (Å²) in [4.78, 5) is 12.0. The molecule has 252 valence electrons. The Morgan fingerprint density at radius 1 is 0.310 bits per heavy atom. The SMILES string of the molecule is CCCCCCCCCCCCCCCCCCCCCCCC(=O)OCCCCCCCCCCCCCCCC.